The van der Waals surface area contributed by atoms with Crippen molar-refractivity contribution in [3.8, 4) is 0 Å². The van der Waals surface area contributed by atoms with Gasteiger partial charge in [0.2, 0.25) is 0 Å². The summed E-state index contributed by atoms with van der Waals surface area (Å²) in [6, 6.07) is 16.6. The van der Waals surface area contributed by atoms with Crippen molar-refractivity contribution in [2.45, 2.75) is 22.7 Å². The maximum Gasteiger partial charge on any atom is 0.270 e. The van der Waals surface area contributed by atoms with Crippen LogP contribution in [0.15, 0.2) is 76.8 Å². The van der Waals surface area contributed by atoms with Gasteiger partial charge in [0.1, 0.15) is 5.82 Å². The summed E-state index contributed by atoms with van der Waals surface area (Å²) in [5, 5.41) is 11.3. The number of nitro groups is 1. The van der Waals surface area contributed by atoms with Crippen LogP contribution in [0.4, 0.5) is 10.1 Å². The summed E-state index contributed by atoms with van der Waals surface area (Å²) in [7, 11) is -4.22. The van der Waals surface area contributed by atoms with Gasteiger partial charge in [0, 0.05) is 17.9 Å². The van der Waals surface area contributed by atoms with E-state index in [1.54, 1.807) is 49.4 Å². The van der Waals surface area contributed by atoms with Gasteiger partial charge in [-0.15, -0.1) is 0 Å². The molecule has 158 valence electrons. The second kappa shape index (κ2) is 8.12. The lowest BCUT2D eigenvalue weighted by Gasteiger charge is -2.12. The molecule has 0 bridgehead atoms. The van der Waals surface area contributed by atoms with Gasteiger partial charge in [0.05, 0.1) is 20.9 Å². The first-order valence-corrected chi connectivity index (χ1v) is 11.6. The number of halogens is 1. The van der Waals surface area contributed by atoms with Gasteiger partial charge in [-0.1, -0.05) is 48.2 Å². The highest BCUT2D eigenvalue weighted by atomic mass is 32.2. The number of non-ortho nitro benzene ring substituents is 1. The highest BCUT2D eigenvalue weighted by Crippen LogP contribution is 2.33. The standard InChI is InChI=1S/C21H16FN3O4S2/c1-14-10-11-16(25(26)27)12-20(14)31(28,29)24-19-9-5-4-8-18(19)23-21(24)30-13-15-6-2-3-7-17(15)22/h2-12H,13H2,1H3. The molecule has 0 radical (unpaired) electrons. The number of aryl methyl sites for hydroxylation is 1. The number of hydrogen-bond donors (Lipinski definition) is 0. The van der Waals surface area contributed by atoms with Gasteiger partial charge in [-0.05, 0) is 36.2 Å². The normalized spacial score (nSPS) is 11.7. The fraction of sp³-hybridized carbons (Fsp3) is 0.0952. The first-order chi connectivity index (χ1) is 14.8. The van der Waals surface area contributed by atoms with Crippen molar-refractivity contribution in [1.82, 2.24) is 8.96 Å². The molecule has 1 heterocycles. The minimum atomic E-state index is -4.22. The summed E-state index contributed by atoms with van der Waals surface area (Å²) in [5.41, 5.74) is 1.24. The van der Waals surface area contributed by atoms with Gasteiger partial charge in [0.15, 0.2) is 5.16 Å². The van der Waals surface area contributed by atoms with Crippen LogP contribution in [0.1, 0.15) is 11.1 Å². The molecule has 0 saturated heterocycles. The zero-order valence-electron chi connectivity index (χ0n) is 16.2. The molecular formula is C21H16FN3O4S2. The minimum Gasteiger partial charge on any atom is -0.258 e. The third kappa shape index (κ3) is 3.91. The SMILES string of the molecule is Cc1ccc([N+](=O)[O-])cc1S(=O)(=O)n1c(SCc2ccccc2F)nc2ccccc21. The van der Waals surface area contributed by atoms with Crippen LogP contribution in [0, 0.1) is 22.9 Å². The Hall–Kier alpha value is -3.24. The van der Waals surface area contributed by atoms with Gasteiger partial charge in [0.25, 0.3) is 15.7 Å². The zero-order valence-corrected chi connectivity index (χ0v) is 17.9. The van der Waals surface area contributed by atoms with Crippen molar-refractivity contribution >= 4 is 38.5 Å². The molecule has 0 aliphatic rings. The molecule has 0 N–H and O–H groups in total. The number of nitro benzene ring substituents is 1. The van der Waals surface area contributed by atoms with Crippen LogP contribution in [0.3, 0.4) is 0 Å². The molecule has 0 fully saturated rings. The molecule has 0 unspecified atom stereocenters. The molecular weight excluding hydrogens is 441 g/mol. The van der Waals surface area contributed by atoms with E-state index < -0.39 is 20.8 Å². The maximum absolute atomic E-state index is 14.0. The smallest absolute Gasteiger partial charge is 0.258 e. The molecule has 0 amide bonds. The lowest BCUT2D eigenvalue weighted by molar-refractivity contribution is -0.385. The molecule has 10 heteroatoms. The first-order valence-electron chi connectivity index (χ1n) is 9.13. The topological polar surface area (TPSA) is 95.1 Å². The highest BCUT2D eigenvalue weighted by Gasteiger charge is 2.28. The Morgan fingerprint density at radius 1 is 1.10 bits per heavy atom. The van der Waals surface area contributed by atoms with E-state index in [4.69, 9.17) is 0 Å². The van der Waals surface area contributed by atoms with E-state index in [0.717, 1.165) is 21.8 Å². The van der Waals surface area contributed by atoms with Crippen LogP contribution in [0.5, 0.6) is 0 Å². The molecule has 0 atom stereocenters. The second-order valence-corrected chi connectivity index (χ2v) is 9.44. The Bertz CT molecular complexity index is 1420. The summed E-state index contributed by atoms with van der Waals surface area (Å²) in [6.45, 7) is 1.57. The van der Waals surface area contributed by atoms with Crippen LogP contribution in [-0.2, 0) is 15.8 Å². The summed E-state index contributed by atoms with van der Waals surface area (Å²) >= 11 is 1.08. The Morgan fingerprint density at radius 3 is 2.55 bits per heavy atom. The number of fused-ring (bicyclic) bond motifs is 1. The molecule has 3 aromatic carbocycles. The van der Waals surface area contributed by atoms with E-state index in [1.807, 2.05) is 0 Å². The summed E-state index contributed by atoms with van der Waals surface area (Å²) in [5.74, 6) is -0.227. The lowest BCUT2D eigenvalue weighted by atomic mass is 10.2. The fourth-order valence-electron chi connectivity index (χ4n) is 3.14. The molecule has 0 saturated carbocycles. The lowest BCUT2D eigenvalue weighted by Crippen LogP contribution is -2.15. The van der Waals surface area contributed by atoms with Crippen molar-refractivity contribution in [1.29, 1.82) is 0 Å². The summed E-state index contributed by atoms with van der Waals surface area (Å²) < 4.78 is 42.3. The van der Waals surface area contributed by atoms with Crippen LogP contribution in [-0.4, -0.2) is 22.3 Å². The summed E-state index contributed by atoms with van der Waals surface area (Å²) in [6.07, 6.45) is 0. The highest BCUT2D eigenvalue weighted by molar-refractivity contribution is 7.99. The van der Waals surface area contributed by atoms with Gasteiger partial charge in [-0.3, -0.25) is 10.1 Å². The number of para-hydroxylation sites is 2. The van der Waals surface area contributed by atoms with Crippen molar-refractivity contribution in [3.05, 3.63) is 93.8 Å². The number of rotatable bonds is 6. The molecule has 31 heavy (non-hydrogen) atoms. The molecule has 1 aromatic heterocycles. The third-order valence-electron chi connectivity index (χ3n) is 4.71. The number of hydrogen-bond acceptors (Lipinski definition) is 6. The average molecular weight is 458 g/mol. The van der Waals surface area contributed by atoms with Crippen LogP contribution in [0.25, 0.3) is 11.0 Å². The van der Waals surface area contributed by atoms with Gasteiger partial charge < -0.3 is 0 Å². The molecule has 4 rings (SSSR count). The van der Waals surface area contributed by atoms with Gasteiger partial charge in [-0.25, -0.2) is 21.8 Å². The van der Waals surface area contributed by atoms with E-state index in [0.29, 0.717) is 22.2 Å². The number of aromatic nitrogens is 2. The average Bonchev–Trinajstić information content (AvgIpc) is 3.12. The monoisotopic (exact) mass is 457 g/mol. The summed E-state index contributed by atoms with van der Waals surface area (Å²) in [4.78, 5) is 14.8. The molecule has 7 nitrogen and oxygen atoms in total. The van der Waals surface area contributed by atoms with E-state index in [9.17, 15) is 22.9 Å². The number of nitrogens with zero attached hydrogens (tertiary/aromatic N) is 3. The van der Waals surface area contributed by atoms with E-state index in [2.05, 4.69) is 4.98 Å². The second-order valence-electron chi connectivity index (χ2n) is 6.74. The van der Waals surface area contributed by atoms with E-state index in [1.165, 1.54) is 18.2 Å². The van der Waals surface area contributed by atoms with Crippen LogP contribution in [0.2, 0.25) is 0 Å². The molecule has 0 spiro atoms. The predicted octanol–water partition coefficient (Wildman–Crippen LogP) is 4.92. The maximum atomic E-state index is 14.0. The van der Waals surface area contributed by atoms with Gasteiger partial charge >= 0.3 is 0 Å². The Kier molecular flexibility index (Phi) is 5.50. The quantitative estimate of drug-likeness (QED) is 0.232. The van der Waals surface area contributed by atoms with Crippen LogP contribution < -0.4 is 0 Å². The third-order valence-corrected chi connectivity index (χ3v) is 7.65. The van der Waals surface area contributed by atoms with E-state index >= 15 is 0 Å². The van der Waals surface area contributed by atoms with Crippen molar-refractivity contribution in [2.75, 3.05) is 0 Å². The first kappa shape index (κ1) is 21.0. The van der Waals surface area contributed by atoms with Crippen molar-refractivity contribution < 1.29 is 17.7 Å². The van der Waals surface area contributed by atoms with Crippen LogP contribution >= 0.6 is 11.8 Å². The number of thioether (sulfide) groups is 1. The van der Waals surface area contributed by atoms with E-state index in [-0.39, 0.29) is 21.5 Å². The van der Waals surface area contributed by atoms with Gasteiger partial charge in [-0.2, -0.15) is 0 Å². The van der Waals surface area contributed by atoms with Crippen molar-refractivity contribution in [3.63, 3.8) is 0 Å². The fourth-order valence-corrected chi connectivity index (χ4v) is 6.09. The minimum absolute atomic E-state index is 0.148. The van der Waals surface area contributed by atoms with Crippen molar-refractivity contribution in [2.24, 2.45) is 0 Å². The number of imidazole rings is 1. The largest absolute Gasteiger partial charge is 0.270 e. The Balaban J connectivity index is 1.86. The molecule has 0 aliphatic carbocycles. The Labute approximate surface area is 181 Å². The Morgan fingerprint density at radius 2 is 1.81 bits per heavy atom. The molecule has 4 aromatic rings. The molecule has 0 aliphatic heterocycles. The number of benzene rings is 3. The predicted molar refractivity (Wildman–Crippen MR) is 116 cm³/mol. The zero-order chi connectivity index (χ0) is 22.2.